The first kappa shape index (κ1) is 63.1. The van der Waals surface area contributed by atoms with E-state index < -0.39 is 6.10 Å². The molecule has 0 amide bonds. The van der Waals surface area contributed by atoms with E-state index in [9.17, 15) is 14.4 Å². The van der Waals surface area contributed by atoms with E-state index in [1.165, 1.54) is 141 Å². The van der Waals surface area contributed by atoms with Gasteiger partial charge in [0.1, 0.15) is 13.2 Å². The summed E-state index contributed by atoms with van der Waals surface area (Å²) in [7, 11) is 0. The summed E-state index contributed by atoms with van der Waals surface area (Å²) in [6.07, 6.45) is 67.7. The summed E-state index contributed by atoms with van der Waals surface area (Å²) in [5.41, 5.74) is 0. The Morgan fingerprint density at radius 1 is 0.303 bits per heavy atom. The van der Waals surface area contributed by atoms with Crippen molar-refractivity contribution in [3.05, 3.63) is 60.8 Å². The van der Waals surface area contributed by atoms with Crippen molar-refractivity contribution < 1.29 is 28.6 Å². The Hall–Kier alpha value is -2.89. The molecule has 0 aliphatic rings. The Balaban J connectivity index is 4.42. The van der Waals surface area contributed by atoms with Crippen LogP contribution in [0.15, 0.2) is 60.8 Å². The highest BCUT2D eigenvalue weighted by Gasteiger charge is 2.19. The smallest absolute Gasteiger partial charge is 0.306 e. The third-order valence-electron chi connectivity index (χ3n) is 12.2. The largest absolute Gasteiger partial charge is 0.462 e. The highest BCUT2D eigenvalue weighted by molar-refractivity contribution is 5.71. The van der Waals surface area contributed by atoms with Crippen LogP contribution in [-0.2, 0) is 28.6 Å². The van der Waals surface area contributed by atoms with E-state index in [0.29, 0.717) is 19.3 Å². The summed E-state index contributed by atoms with van der Waals surface area (Å²) < 4.78 is 16.8. The second kappa shape index (κ2) is 54.7. The van der Waals surface area contributed by atoms with Gasteiger partial charge >= 0.3 is 17.9 Å². The number of unbranched alkanes of at least 4 members (excludes halogenated alkanes) is 30. The minimum absolute atomic E-state index is 0.0856. The van der Waals surface area contributed by atoms with Gasteiger partial charge in [0.25, 0.3) is 0 Å². The van der Waals surface area contributed by atoms with Crippen molar-refractivity contribution in [3.63, 3.8) is 0 Å². The molecule has 0 spiro atoms. The van der Waals surface area contributed by atoms with Crippen molar-refractivity contribution in [2.75, 3.05) is 13.2 Å². The van der Waals surface area contributed by atoms with E-state index in [4.69, 9.17) is 14.2 Å². The lowest BCUT2D eigenvalue weighted by Gasteiger charge is -2.18. The van der Waals surface area contributed by atoms with Crippen LogP contribution < -0.4 is 0 Å². The molecule has 0 aliphatic heterocycles. The quantitative estimate of drug-likeness (QED) is 0.0262. The van der Waals surface area contributed by atoms with Crippen LogP contribution in [0.25, 0.3) is 0 Å². The Kier molecular flexibility index (Phi) is 52.3. The van der Waals surface area contributed by atoms with Gasteiger partial charge in [0.2, 0.25) is 0 Å². The Bertz CT molecular complexity index is 1200. The average molecular weight is 924 g/mol. The molecule has 1 atom stereocenters. The average Bonchev–Trinajstić information content (AvgIpc) is 3.31. The summed E-state index contributed by atoms with van der Waals surface area (Å²) in [5, 5.41) is 0. The fraction of sp³-hybridized carbons (Fsp3) is 0.783. The topological polar surface area (TPSA) is 78.9 Å². The minimum Gasteiger partial charge on any atom is -0.462 e. The molecule has 0 bridgehead atoms. The van der Waals surface area contributed by atoms with E-state index in [0.717, 1.165) is 103 Å². The fourth-order valence-corrected chi connectivity index (χ4v) is 7.91. The molecule has 0 saturated heterocycles. The van der Waals surface area contributed by atoms with E-state index in [-0.39, 0.29) is 31.1 Å². The molecule has 0 aromatic heterocycles. The van der Waals surface area contributed by atoms with E-state index in [1.54, 1.807) is 0 Å². The first-order valence-electron chi connectivity index (χ1n) is 28.3. The summed E-state index contributed by atoms with van der Waals surface area (Å²) in [5.74, 6) is -0.906. The number of hydrogen-bond acceptors (Lipinski definition) is 6. The van der Waals surface area contributed by atoms with E-state index in [2.05, 4.69) is 81.5 Å². The van der Waals surface area contributed by atoms with Crippen molar-refractivity contribution in [2.45, 2.75) is 290 Å². The molecule has 0 N–H and O–H groups in total. The van der Waals surface area contributed by atoms with Crippen LogP contribution in [0.1, 0.15) is 284 Å². The Morgan fingerprint density at radius 2 is 0.545 bits per heavy atom. The molecule has 382 valence electrons. The molecule has 6 heteroatoms. The lowest BCUT2D eigenvalue weighted by molar-refractivity contribution is -0.167. The molecular formula is C60H106O6. The first-order chi connectivity index (χ1) is 32.5. The molecule has 6 nitrogen and oxygen atoms in total. The lowest BCUT2D eigenvalue weighted by Crippen LogP contribution is -2.30. The third kappa shape index (κ3) is 52.1. The standard InChI is InChI=1S/C60H106O6/c1-4-7-10-13-16-19-22-25-28-30-33-35-38-41-44-47-50-53-59(62)65-56-57(55-64-58(61)52-49-46-43-40-37-34-31-27-24-21-18-15-12-9-6-3)66-60(63)54-51-48-45-42-39-36-32-29-26-23-20-17-14-11-8-5-2/h16,18-19,21,25,27-29,31-32,57H,4-15,17,20,22-24,26,30,33-56H2,1-3H3/b19-16-,21-18-,28-25-,31-27-,32-29-/t57-/m1/s1. The van der Waals surface area contributed by atoms with Crippen molar-refractivity contribution in [1.82, 2.24) is 0 Å². The van der Waals surface area contributed by atoms with Crippen LogP contribution in [0, 0.1) is 0 Å². The maximum Gasteiger partial charge on any atom is 0.306 e. The van der Waals surface area contributed by atoms with Gasteiger partial charge in [0.05, 0.1) is 0 Å². The van der Waals surface area contributed by atoms with Crippen molar-refractivity contribution >= 4 is 17.9 Å². The van der Waals surface area contributed by atoms with Crippen LogP contribution in [0.2, 0.25) is 0 Å². The number of ether oxygens (including phenoxy) is 3. The van der Waals surface area contributed by atoms with Gasteiger partial charge in [-0.1, -0.05) is 216 Å². The Morgan fingerprint density at radius 3 is 0.879 bits per heavy atom. The zero-order valence-electron chi connectivity index (χ0n) is 43.7. The summed E-state index contributed by atoms with van der Waals surface area (Å²) >= 11 is 0. The number of hydrogen-bond donors (Lipinski definition) is 0. The molecule has 0 unspecified atom stereocenters. The third-order valence-corrected chi connectivity index (χ3v) is 12.2. The summed E-state index contributed by atoms with van der Waals surface area (Å²) in [4.78, 5) is 38.1. The van der Waals surface area contributed by atoms with Gasteiger partial charge < -0.3 is 14.2 Å². The van der Waals surface area contributed by atoms with Gasteiger partial charge in [-0.3, -0.25) is 14.4 Å². The molecule has 0 aliphatic carbocycles. The van der Waals surface area contributed by atoms with Crippen molar-refractivity contribution in [2.24, 2.45) is 0 Å². The molecule has 0 fully saturated rings. The van der Waals surface area contributed by atoms with Crippen LogP contribution >= 0.6 is 0 Å². The van der Waals surface area contributed by atoms with Gasteiger partial charge in [0, 0.05) is 19.3 Å². The normalized spacial score (nSPS) is 12.5. The van der Waals surface area contributed by atoms with E-state index >= 15 is 0 Å². The molecule has 0 saturated carbocycles. The van der Waals surface area contributed by atoms with Crippen molar-refractivity contribution in [1.29, 1.82) is 0 Å². The summed E-state index contributed by atoms with van der Waals surface area (Å²) in [6.45, 7) is 6.58. The zero-order valence-corrected chi connectivity index (χ0v) is 43.7. The van der Waals surface area contributed by atoms with Crippen LogP contribution in [-0.4, -0.2) is 37.2 Å². The second-order valence-electron chi connectivity index (χ2n) is 18.8. The molecule has 0 radical (unpaired) electrons. The van der Waals surface area contributed by atoms with Gasteiger partial charge in [0.15, 0.2) is 6.10 Å². The van der Waals surface area contributed by atoms with Crippen molar-refractivity contribution in [3.8, 4) is 0 Å². The molecule has 0 rings (SSSR count). The lowest BCUT2D eigenvalue weighted by atomic mass is 10.1. The highest BCUT2D eigenvalue weighted by Crippen LogP contribution is 2.15. The van der Waals surface area contributed by atoms with Crippen LogP contribution in [0.5, 0.6) is 0 Å². The molecule has 0 heterocycles. The van der Waals surface area contributed by atoms with Gasteiger partial charge in [-0.05, 0) is 109 Å². The number of carbonyl (C=O) groups excluding carboxylic acids is 3. The second-order valence-corrected chi connectivity index (χ2v) is 18.8. The van der Waals surface area contributed by atoms with E-state index in [1.807, 2.05) is 0 Å². The molecule has 66 heavy (non-hydrogen) atoms. The van der Waals surface area contributed by atoms with Crippen LogP contribution in [0.4, 0.5) is 0 Å². The predicted molar refractivity (Wildman–Crippen MR) is 284 cm³/mol. The fourth-order valence-electron chi connectivity index (χ4n) is 7.91. The van der Waals surface area contributed by atoms with Gasteiger partial charge in [-0.25, -0.2) is 0 Å². The summed E-state index contributed by atoms with van der Waals surface area (Å²) in [6, 6.07) is 0. The predicted octanol–water partition coefficient (Wildman–Crippen LogP) is 18.8. The first-order valence-corrected chi connectivity index (χ1v) is 28.3. The molecular weight excluding hydrogens is 817 g/mol. The highest BCUT2D eigenvalue weighted by atomic mass is 16.6. The number of esters is 3. The monoisotopic (exact) mass is 923 g/mol. The van der Waals surface area contributed by atoms with Gasteiger partial charge in [-0.15, -0.1) is 0 Å². The SMILES string of the molecule is CCCCC/C=C\C/C=C\CCCCCCCCCC(=O)OC[C@@H](COC(=O)CCCCCCC/C=C\C/C=C\CCCCC)OC(=O)CCCCCCC/C=C\CCCCCCCCC. The number of rotatable bonds is 51. The van der Waals surface area contributed by atoms with Crippen LogP contribution in [0.3, 0.4) is 0 Å². The Labute approximate surface area is 409 Å². The minimum atomic E-state index is -0.787. The zero-order chi connectivity index (χ0) is 47.9. The maximum absolute atomic E-state index is 12.8. The number of carbonyl (C=O) groups is 3. The van der Waals surface area contributed by atoms with Gasteiger partial charge in [-0.2, -0.15) is 0 Å². The molecule has 0 aromatic carbocycles. The molecule has 0 aromatic rings. The number of allylic oxidation sites excluding steroid dienone is 10. The maximum atomic E-state index is 12.8.